The molecule has 250 valence electrons. The molecule has 2 aromatic heterocycles. The van der Waals surface area contributed by atoms with Crippen molar-refractivity contribution < 1.29 is 43.9 Å². The highest BCUT2D eigenvalue weighted by atomic mass is 16.5. The number of esters is 3. The van der Waals surface area contributed by atoms with Gasteiger partial charge in [-0.2, -0.15) is 0 Å². The summed E-state index contributed by atoms with van der Waals surface area (Å²) in [4.78, 5) is 112. The van der Waals surface area contributed by atoms with Gasteiger partial charge in [-0.1, -0.05) is 0 Å². The molecule has 0 fully saturated rings. The number of nitrogens with zero attached hydrogens (tertiary/aromatic N) is 6. The molecule has 2 heterocycles. The van der Waals surface area contributed by atoms with Crippen molar-refractivity contribution in [1.82, 2.24) is 27.4 Å². The van der Waals surface area contributed by atoms with Crippen LogP contribution in [-0.2, 0) is 67.9 Å². The van der Waals surface area contributed by atoms with E-state index in [2.05, 4.69) is 4.74 Å². The molecule has 21 heteroatoms. The molecule has 2 rings (SSSR count). The Morgan fingerprint density at radius 1 is 0.467 bits per heavy atom. The van der Waals surface area contributed by atoms with Gasteiger partial charge in [0.2, 0.25) is 0 Å². The number of rotatable bonds is 18. The van der Waals surface area contributed by atoms with Gasteiger partial charge in [0.15, 0.2) is 0 Å². The van der Waals surface area contributed by atoms with Crippen molar-refractivity contribution in [3.8, 4) is 0 Å². The molecule has 0 aromatic carbocycles. The van der Waals surface area contributed by atoms with Gasteiger partial charge in [0.05, 0.1) is 65.8 Å². The zero-order valence-electron chi connectivity index (χ0n) is 24.3. The third-order valence-corrected chi connectivity index (χ3v) is 6.20. The summed E-state index contributed by atoms with van der Waals surface area (Å²) in [7, 11) is 1.08. The lowest BCUT2D eigenvalue weighted by Crippen LogP contribution is -2.55. The number of hydrogen-bond donors (Lipinski definition) is 3. The van der Waals surface area contributed by atoms with Gasteiger partial charge in [0.1, 0.15) is 13.2 Å². The molecule has 0 radical (unpaired) electrons. The second kappa shape index (κ2) is 17.4. The van der Waals surface area contributed by atoms with Gasteiger partial charge < -0.3 is 29.5 Å². The Balaban J connectivity index is 2.27. The molecule has 0 unspecified atom stereocenters. The summed E-state index contributed by atoms with van der Waals surface area (Å²) in [5.74, 6) is -2.62. The lowest BCUT2D eigenvalue weighted by Gasteiger charge is -2.14. The zero-order valence-corrected chi connectivity index (χ0v) is 24.3. The quantitative estimate of drug-likeness (QED) is 0.100. The molecule has 0 spiro atoms. The molecule has 2 aromatic rings. The number of aliphatic hydroxyl groups is 3. The number of methoxy groups -OCH3 is 1. The Hall–Kier alpha value is -4.89. The largest absolute Gasteiger partial charge is 0.469 e. The van der Waals surface area contributed by atoms with Gasteiger partial charge in [-0.25, -0.2) is 56.2 Å². The van der Waals surface area contributed by atoms with Gasteiger partial charge in [0.25, 0.3) is 0 Å². The van der Waals surface area contributed by atoms with Crippen LogP contribution in [0.4, 0.5) is 0 Å². The molecule has 3 N–H and O–H groups in total. The van der Waals surface area contributed by atoms with Crippen molar-refractivity contribution in [2.24, 2.45) is 0 Å². The molecule has 0 bridgehead atoms. The zero-order chi connectivity index (χ0) is 33.7. The van der Waals surface area contributed by atoms with Crippen LogP contribution in [0.25, 0.3) is 0 Å². The van der Waals surface area contributed by atoms with Crippen LogP contribution in [0.15, 0.2) is 28.8 Å². The van der Waals surface area contributed by atoms with Crippen LogP contribution in [0, 0.1) is 0 Å². The fourth-order valence-corrected chi connectivity index (χ4v) is 3.98. The summed E-state index contributed by atoms with van der Waals surface area (Å²) < 4.78 is 17.5. The molecular formula is C24H34N6O15. The lowest BCUT2D eigenvalue weighted by atomic mass is 10.4. The third-order valence-electron chi connectivity index (χ3n) is 6.20. The monoisotopic (exact) mass is 646 g/mol. The normalized spacial score (nSPS) is 10.9. The Bertz CT molecular complexity index is 1680. The van der Waals surface area contributed by atoms with E-state index in [-0.39, 0.29) is 6.61 Å². The molecule has 0 atom stereocenters. The van der Waals surface area contributed by atoms with Crippen LogP contribution >= 0.6 is 0 Å². The number of aliphatic hydroxyl groups excluding tert-OH is 3. The smallest absolute Gasteiger partial charge is 0.336 e. The minimum absolute atomic E-state index is 0.321. The van der Waals surface area contributed by atoms with E-state index in [1.54, 1.807) is 0 Å². The van der Waals surface area contributed by atoms with Crippen LogP contribution in [-0.4, -0.2) is 101 Å². The first-order valence-corrected chi connectivity index (χ1v) is 13.5. The van der Waals surface area contributed by atoms with E-state index >= 15 is 0 Å². The number of carbonyl (C=O) groups is 3. The highest BCUT2D eigenvalue weighted by molar-refractivity contribution is 5.69. The van der Waals surface area contributed by atoms with E-state index in [0.717, 1.165) is 7.11 Å². The molecule has 0 aliphatic heterocycles. The molecule has 21 nitrogen and oxygen atoms in total. The van der Waals surface area contributed by atoms with Crippen LogP contribution in [0.1, 0.15) is 19.3 Å². The van der Waals surface area contributed by atoms with Crippen molar-refractivity contribution in [1.29, 1.82) is 0 Å². The molecule has 0 saturated heterocycles. The summed E-state index contributed by atoms with van der Waals surface area (Å²) in [6, 6.07) is 0. The van der Waals surface area contributed by atoms with Crippen molar-refractivity contribution in [2.75, 3.05) is 40.1 Å². The van der Waals surface area contributed by atoms with E-state index in [0.29, 0.717) is 27.4 Å². The molecule has 0 amide bonds. The van der Waals surface area contributed by atoms with E-state index in [4.69, 9.17) is 24.8 Å². The van der Waals surface area contributed by atoms with Crippen LogP contribution in [0.3, 0.4) is 0 Å². The summed E-state index contributed by atoms with van der Waals surface area (Å²) in [6.07, 6.45) is -1.52. The van der Waals surface area contributed by atoms with Crippen molar-refractivity contribution in [3.05, 3.63) is 62.9 Å². The first-order chi connectivity index (χ1) is 21.4. The Labute approximate surface area is 251 Å². The second-order valence-corrected chi connectivity index (χ2v) is 9.04. The molecule has 45 heavy (non-hydrogen) atoms. The molecule has 0 aliphatic rings. The lowest BCUT2D eigenvalue weighted by molar-refractivity contribution is -0.145. The van der Waals surface area contributed by atoms with Crippen LogP contribution in [0.5, 0.6) is 0 Å². The van der Waals surface area contributed by atoms with E-state index in [1.807, 2.05) is 0 Å². The Morgan fingerprint density at radius 2 is 0.778 bits per heavy atom. The molecule has 0 aliphatic carbocycles. The minimum atomic E-state index is -1.18. The highest BCUT2D eigenvalue weighted by Gasteiger charge is 2.19. The van der Waals surface area contributed by atoms with E-state index in [9.17, 15) is 43.2 Å². The Morgan fingerprint density at radius 3 is 1.11 bits per heavy atom. The van der Waals surface area contributed by atoms with Gasteiger partial charge in [0, 0.05) is 19.6 Å². The minimum Gasteiger partial charge on any atom is -0.469 e. The number of aromatic nitrogens is 6. The first kappa shape index (κ1) is 36.3. The van der Waals surface area contributed by atoms with Gasteiger partial charge in [-0.05, 0) is 0 Å². The SMILES string of the molecule is COC(=O)CCn1c(=O)n(CCC(=O)OCCO)c(=O)n(CCC(=O)OCCn2c(=O)n(CCO)c(=O)n(CCO)c2=O)c1=O. The summed E-state index contributed by atoms with van der Waals surface area (Å²) in [5, 5.41) is 27.1. The van der Waals surface area contributed by atoms with Crippen LogP contribution in [0.2, 0.25) is 0 Å². The molecule has 0 saturated carbocycles. The second-order valence-electron chi connectivity index (χ2n) is 9.04. The summed E-state index contributed by atoms with van der Waals surface area (Å²) in [6.45, 7) is -5.62. The van der Waals surface area contributed by atoms with Crippen LogP contribution < -0.4 is 34.1 Å². The predicted octanol–water partition coefficient (Wildman–Crippen LogP) is -6.24. The standard InChI is InChI=1S/C24H34N6O15/c1-43-16(34)2-5-25-19(37)26(21(39)27(20(25)38)7-4-18(36)45-15-13-33)6-3-17(35)44-14-10-30-23(41)28(8-11-31)22(40)29(9-12-32)24(30)42/h31-33H,2-15H2,1H3. The third kappa shape index (κ3) is 9.30. The number of hydrogen-bond acceptors (Lipinski definition) is 15. The van der Waals surface area contributed by atoms with Crippen molar-refractivity contribution in [3.63, 3.8) is 0 Å². The fourth-order valence-electron chi connectivity index (χ4n) is 3.98. The van der Waals surface area contributed by atoms with Gasteiger partial charge >= 0.3 is 52.0 Å². The first-order valence-electron chi connectivity index (χ1n) is 13.5. The maximum Gasteiger partial charge on any atom is 0.336 e. The average Bonchev–Trinajstić information content (AvgIpc) is 3.01. The number of carbonyl (C=O) groups excluding carboxylic acids is 3. The molecular weight excluding hydrogens is 612 g/mol. The highest BCUT2D eigenvalue weighted by Crippen LogP contribution is 1.94. The fraction of sp³-hybridized carbons (Fsp3) is 0.625. The topological polar surface area (TPSA) is 272 Å². The summed E-state index contributed by atoms with van der Waals surface area (Å²) in [5.41, 5.74) is -6.71. The number of ether oxygens (including phenoxy) is 3. The van der Waals surface area contributed by atoms with E-state index in [1.165, 1.54) is 0 Å². The summed E-state index contributed by atoms with van der Waals surface area (Å²) >= 11 is 0. The van der Waals surface area contributed by atoms with Gasteiger partial charge in [-0.3, -0.25) is 14.4 Å². The Kier molecular flexibility index (Phi) is 14.0. The van der Waals surface area contributed by atoms with Gasteiger partial charge in [-0.15, -0.1) is 0 Å². The maximum absolute atomic E-state index is 13.0. The van der Waals surface area contributed by atoms with Crippen molar-refractivity contribution in [2.45, 2.75) is 58.5 Å². The average molecular weight is 647 g/mol. The maximum atomic E-state index is 13.0. The predicted molar refractivity (Wildman–Crippen MR) is 147 cm³/mol. The van der Waals surface area contributed by atoms with E-state index < -0.39 is 137 Å². The van der Waals surface area contributed by atoms with Crippen molar-refractivity contribution >= 4 is 17.9 Å².